The standard InChI is InChI=1S/C17H20FN3O4S2/c1-13-12-26-17(23)21(13)11-16(22)19-7-2-8-20(10-9-19)27(24,25)15-5-3-14(18)4-6-15/h3-6,12H,2,7-11H2,1H3. The van der Waals surface area contributed by atoms with E-state index in [1.54, 1.807) is 17.2 Å². The van der Waals surface area contributed by atoms with Crippen LogP contribution in [0.25, 0.3) is 0 Å². The quantitative estimate of drug-likeness (QED) is 0.756. The summed E-state index contributed by atoms with van der Waals surface area (Å²) in [5.41, 5.74) is 0.730. The number of benzene rings is 1. The molecule has 1 saturated heterocycles. The highest BCUT2D eigenvalue weighted by Crippen LogP contribution is 2.18. The van der Waals surface area contributed by atoms with E-state index < -0.39 is 15.8 Å². The van der Waals surface area contributed by atoms with E-state index in [-0.39, 0.29) is 41.9 Å². The molecule has 1 aliphatic rings. The fourth-order valence-electron chi connectivity index (χ4n) is 2.97. The van der Waals surface area contributed by atoms with Crippen LogP contribution in [-0.2, 0) is 21.4 Å². The molecule has 27 heavy (non-hydrogen) atoms. The van der Waals surface area contributed by atoms with Crippen molar-refractivity contribution in [1.29, 1.82) is 0 Å². The molecule has 0 aliphatic carbocycles. The van der Waals surface area contributed by atoms with Crippen molar-refractivity contribution in [1.82, 2.24) is 13.8 Å². The molecule has 2 aromatic rings. The zero-order valence-electron chi connectivity index (χ0n) is 14.8. The minimum absolute atomic E-state index is 0.0316. The van der Waals surface area contributed by atoms with Gasteiger partial charge in [-0.3, -0.25) is 14.2 Å². The fourth-order valence-corrected chi connectivity index (χ4v) is 5.17. The van der Waals surface area contributed by atoms with Gasteiger partial charge in [0.25, 0.3) is 0 Å². The Kier molecular flexibility index (Phi) is 5.78. The van der Waals surface area contributed by atoms with Crippen molar-refractivity contribution in [3.05, 3.63) is 50.8 Å². The maximum atomic E-state index is 13.1. The number of amides is 1. The molecule has 1 aromatic carbocycles. The molecule has 0 unspecified atom stereocenters. The van der Waals surface area contributed by atoms with Gasteiger partial charge in [-0.2, -0.15) is 4.31 Å². The number of nitrogens with zero attached hydrogens (tertiary/aromatic N) is 3. The Labute approximate surface area is 160 Å². The molecular weight excluding hydrogens is 393 g/mol. The van der Waals surface area contributed by atoms with Crippen LogP contribution in [0.5, 0.6) is 0 Å². The largest absolute Gasteiger partial charge is 0.340 e. The van der Waals surface area contributed by atoms with Crippen molar-refractivity contribution in [2.24, 2.45) is 0 Å². The third kappa shape index (κ3) is 4.28. The number of halogens is 1. The zero-order chi connectivity index (χ0) is 19.6. The third-order valence-corrected chi connectivity index (χ3v) is 7.32. The first-order valence-corrected chi connectivity index (χ1v) is 10.8. The first-order valence-electron chi connectivity index (χ1n) is 8.47. The predicted octanol–water partition coefficient (Wildman–Crippen LogP) is 1.28. The van der Waals surface area contributed by atoms with Crippen molar-refractivity contribution in [2.75, 3.05) is 26.2 Å². The van der Waals surface area contributed by atoms with Crippen molar-refractivity contribution in [3.63, 3.8) is 0 Å². The maximum Gasteiger partial charge on any atom is 0.307 e. The Morgan fingerprint density at radius 1 is 1.15 bits per heavy atom. The second-order valence-electron chi connectivity index (χ2n) is 6.32. The average molecular weight is 413 g/mol. The van der Waals surface area contributed by atoms with E-state index in [0.717, 1.165) is 29.2 Å². The Hall–Kier alpha value is -2.04. The number of thiazole rings is 1. The Balaban J connectivity index is 1.69. The van der Waals surface area contributed by atoms with Gasteiger partial charge in [0, 0.05) is 37.3 Å². The number of sulfonamides is 1. The van der Waals surface area contributed by atoms with Crippen LogP contribution in [0.2, 0.25) is 0 Å². The highest BCUT2D eigenvalue weighted by molar-refractivity contribution is 7.89. The van der Waals surface area contributed by atoms with Crippen molar-refractivity contribution < 1.29 is 17.6 Å². The molecule has 146 valence electrons. The van der Waals surface area contributed by atoms with Crippen molar-refractivity contribution >= 4 is 27.3 Å². The number of hydrogen-bond donors (Lipinski definition) is 0. The lowest BCUT2D eigenvalue weighted by atomic mass is 10.3. The first kappa shape index (κ1) is 19.7. The van der Waals surface area contributed by atoms with E-state index >= 15 is 0 Å². The summed E-state index contributed by atoms with van der Waals surface area (Å²) in [7, 11) is -3.74. The smallest absolute Gasteiger partial charge is 0.307 e. The monoisotopic (exact) mass is 413 g/mol. The number of aromatic nitrogens is 1. The highest BCUT2D eigenvalue weighted by atomic mass is 32.2. The number of aryl methyl sites for hydroxylation is 1. The molecule has 0 N–H and O–H groups in total. The molecule has 1 amide bonds. The van der Waals surface area contributed by atoms with Gasteiger partial charge < -0.3 is 4.90 Å². The van der Waals surface area contributed by atoms with Gasteiger partial charge in [0.1, 0.15) is 12.4 Å². The van der Waals surface area contributed by atoms with Gasteiger partial charge in [-0.05, 0) is 37.6 Å². The summed E-state index contributed by atoms with van der Waals surface area (Å²) in [4.78, 5) is 25.8. The first-order chi connectivity index (χ1) is 12.8. The summed E-state index contributed by atoms with van der Waals surface area (Å²) in [6.45, 7) is 2.83. The van der Waals surface area contributed by atoms with Crippen LogP contribution in [0.15, 0.2) is 39.3 Å². The second-order valence-corrected chi connectivity index (χ2v) is 9.08. The lowest BCUT2D eigenvalue weighted by molar-refractivity contribution is -0.131. The zero-order valence-corrected chi connectivity index (χ0v) is 16.4. The number of hydrogen-bond acceptors (Lipinski definition) is 5. The molecule has 10 heteroatoms. The van der Waals surface area contributed by atoms with Crippen LogP contribution in [0, 0.1) is 12.7 Å². The molecule has 0 atom stereocenters. The summed E-state index contributed by atoms with van der Waals surface area (Å²) in [5, 5.41) is 1.70. The minimum atomic E-state index is -3.74. The summed E-state index contributed by atoms with van der Waals surface area (Å²) in [6.07, 6.45) is 0.490. The summed E-state index contributed by atoms with van der Waals surface area (Å²) in [6, 6.07) is 4.71. The number of carbonyl (C=O) groups is 1. The van der Waals surface area contributed by atoms with Crippen molar-refractivity contribution in [2.45, 2.75) is 24.8 Å². The van der Waals surface area contributed by atoms with Crippen LogP contribution in [0.3, 0.4) is 0 Å². The van der Waals surface area contributed by atoms with E-state index in [2.05, 4.69) is 0 Å². The topological polar surface area (TPSA) is 79.7 Å². The molecule has 0 radical (unpaired) electrons. The third-order valence-electron chi connectivity index (χ3n) is 4.53. The van der Waals surface area contributed by atoms with Crippen LogP contribution in [0.4, 0.5) is 4.39 Å². The van der Waals surface area contributed by atoms with E-state index in [1.807, 2.05) is 0 Å². The molecule has 3 rings (SSSR count). The lowest BCUT2D eigenvalue weighted by Crippen LogP contribution is -2.39. The van der Waals surface area contributed by atoms with Crippen LogP contribution < -0.4 is 4.87 Å². The van der Waals surface area contributed by atoms with Gasteiger partial charge >= 0.3 is 4.87 Å². The van der Waals surface area contributed by atoms with Gasteiger partial charge in [0.05, 0.1) is 4.90 Å². The normalized spacial score (nSPS) is 16.3. The number of carbonyl (C=O) groups excluding carboxylic acids is 1. The van der Waals surface area contributed by atoms with Crippen LogP contribution in [-0.4, -0.2) is 54.3 Å². The van der Waals surface area contributed by atoms with Crippen molar-refractivity contribution in [3.8, 4) is 0 Å². The predicted molar refractivity (Wildman–Crippen MR) is 99.7 cm³/mol. The van der Waals surface area contributed by atoms with Gasteiger partial charge in [-0.1, -0.05) is 11.3 Å². The van der Waals surface area contributed by atoms with Gasteiger partial charge in [-0.15, -0.1) is 0 Å². The molecule has 0 bridgehead atoms. The molecule has 1 aromatic heterocycles. The van der Waals surface area contributed by atoms with Crippen LogP contribution >= 0.6 is 11.3 Å². The molecule has 7 nitrogen and oxygen atoms in total. The minimum Gasteiger partial charge on any atom is -0.340 e. The molecule has 1 fully saturated rings. The second kappa shape index (κ2) is 7.91. The summed E-state index contributed by atoms with van der Waals surface area (Å²) >= 11 is 1.05. The maximum absolute atomic E-state index is 13.1. The average Bonchev–Trinajstić information content (AvgIpc) is 2.84. The Morgan fingerprint density at radius 2 is 1.85 bits per heavy atom. The molecule has 0 spiro atoms. The number of rotatable bonds is 4. The Bertz CT molecular complexity index is 982. The van der Waals surface area contributed by atoms with Crippen LogP contribution in [0.1, 0.15) is 12.1 Å². The molecule has 1 aliphatic heterocycles. The van der Waals surface area contributed by atoms with Gasteiger partial charge in [-0.25, -0.2) is 12.8 Å². The van der Waals surface area contributed by atoms with E-state index in [9.17, 15) is 22.4 Å². The van der Waals surface area contributed by atoms with E-state index in [0.29, 0.717) is 13.0 Å². The van der Waals surface area contributed by atoms with Gasteiger partial charge in [0.2, 0.25) is 15.9 Å². The molecule has 2 heterocycles. The summed E-state index contributed by atoms with van der Waals surface area (Å²) in [5.74, 6) is -0.708. The molecule has 0 saturated carbocycles. The van der Waals surface area contributed by atoms with E-state index in [4.69, 9.17) is 0 Å². The SMILES string of the molecule is Cc1csc(=O)n1CC(=O)N1CCCN(S(=O)(=O)c2ccc(F)cc2)CC1. The van der Waals surface area contributed by atoms with Gasteiger partial charge in [0.15, 0.2) is 0 Å². The highest BCUT2D eigenvalue weighted by Gasteiger charge is 2.28. The molecular formula is C17H20FN3O4S2. The van der Waals surface area contributed by atoms with E-state index in [1.165, 1.54) is 21.0 Å². The Morgan fingerprint density at radius 3 is 2.48 bits per heavy atom. The fraction of sp³-hybridized carbons (Fsp3) is 0.412. The lowest BCUT2D eigenvalue weighted by Gasteiger charge is -2.22. The summed E-state index contributed by atoms with van der Waals surface area (Å²) < 4.78 is 41.3.